The van der Waals surface area contributed by atoms with Gasteiger partial charge in [0.05, 0.1) is 17.8 Å². The number of likely N-dealkylation sites (tertiary alicyclic amines) is 1. The Bertz CT molecular complexity index is 1480. The van der Waals surface area contributed by atoms with Crippen molar-refractivity contribution in [1.82, 2.24) is 24.6 Å². The van der Waals surface area contributed by atoms with Crippen molar-refractivity contribution in [3.8, 4) is 22.6 Å². The fraction of sp³-hybridized carbons (Fsp3) is 0.448. The van der Waals surface area contributed by atoms with Crippen molar-refractivity contribution < 1.29 is 13.9 Å². The standard InChI is InChI=1S/C29H37N7O3/c1-28(2,3)34-25-22(26-33-23-8-7-20(30)14-24(23)38-26)13-18(15-31-25)19-16-32-36(17-19)21-9-11-35(12-10-21)27(37)39-29(4,5)6/h7-8,13-17,21H,9-12,30H2,1-6H3,(H,31,34). The number of fused-ring (bicyclic) bond motifs is 1. The molecule has 1 saturated heterocycles. The number of anilines is 2. The molecule has 0 radical (unpaired) electrons. The van der Waals surface area contributed by atoms with Gasteiger partial charge in [-0.3, -0.25) is 4.68 Å². The molecular weight excluding hydrogens is 494 g/mol. The Labute approximate surface area is 228 Å². The van der Waals surface area contributed by atoms with Gasteiger partial charge in [-0.05, 0) is 72.6 Å². The number of carbonyl (C=O) groups is 1. The molecule has 0 atom stereocenters. The third-order valence-corrected chi connectivity index (χ3v) is 6.45. The number of benzene rings is 1. The van der Waals surface area contributed by atoms with Gasteiger partial charge in [0.25, 0.3) is 0 Å². The van der Waals surface area contributed by atoms with Gasteiger partial charge in [-0.2, -0.15) is 5.10 Å². The van der Waals surface area contributed by atoms with Gasteiger partial charge >= 0.3 is 6.09 Å². The van der Waals surface area contributed by atoms with Gasteiger partial charge in [0.2, 0.25) is 5.89 Å². The number of amides is 1. The summed E-state index contributed by atoms with van der Waals surface area (Å²) in [7, 11) is 0. The number of nitrogen functional groups attached to an aromatic ring is 1. The molecule has 206 valence electrons. The number of nitrogens with zero attached hydrogens (tertiary/aromatic N) is 5. The molecule has 0 aliphatic carbocycles. The molecular formula is C29H37N7O3. The minimum Gasteiger partial charge on any atom is -0.444 e. The smallest absolute Gasteiger partial charge is 0.410 e. The number of ether oxygens (including phenoxy) is 1. The first-order valence-electron chi connectivity index (χ1n) is 13.3. The van der Waals surface area contributed by atoms with Crippen LogP contribution in [0.4, 0.5) is 16.3 Å². The van der Waals surface area contributed by atoms with Crippen LogP contribution >= 0.6 is 0 Å². The topological polar surface area (TPSA) is 124 Å². The van der Waals surface area contributed by atoms with E-state index in [2.05, 4.69) is 31.2 Å². The first-order chi connectivity index (χ1) is 18.3. The van der Waals surface area contributed by atoms with Crippen LogP contribution in [-0.4, -0.2) is 55.0 Å². The molecule has 39 heavy (non-hydrogen) atoms. The molecule has 3 aromatic heterocycles. The molecule has 5 rings (SSSR count). The monoisotopic (exact) mass is 531 g/mol. The Kier molecular flexibility index (Phi) is 6.74. The predicted octanol–water partition coefficient (Wildman–Crippen LogP) is 6.12. The maximum Gasteiger partial charge on any atom is 0.410 e. The lowest BCUT2D eigenvalue weighted by Crippen LogP contribution is -2.42. The van der Waals surface area contributed by atoms with Crippen molar-refractivity contribution in [2.24, 2.45) is 0 Å². The van der Waals surface area contributed by atoms with Crippen molar-refractivity contribution in [1.29, 1.82) is 0 Å². The van der Waals surface area contributed by atoms with Crippen LogP contribution in [-0.2, 0) is 4.74 Å². The Morgan fingerprint density at radius 2 is 1.82 bits per heavy atom. The third-order valence-electron chi connectivity index (χ3n) is 6.45. The minimum absolute atomic E-state index is 0.203. The van der Waals surface area contributed by atoms with Crippen LogP contribution in [0.2, 0.25) is 0 Å². The van der Waals surface area contributed by atoms with E-state index in [9.17, 15) is 4.79 Å². The van der Waals surface area contributed by atoms with E-state index in [-0.39, 0.29) is 17.7 Å². The zero-order chi connectivity index (χ0) is 27.9. The molecule has 1 aliphatic heterocycles. The summed E-state index contributed by atoms with van der Waals surface area (Å²) in [5, 5.41) is 8.13. The number of piperidine rings is 1. The normalized spacial score (nSPS) is 15.1. The minimum atomic E-state index is -0.499. The van der Waals surface area contributed by atoms with Crippen LogP contribution in [0.15, 0.2) is 47.3 Å². The van der Waals surface area contributed by atoms with Crippen molar-refractivity contribution in [2.75, 3.05) is 24.1 Å². The highest BCUT2D eigenvalue weighted by molar-refractivity contribution is 5.83. The molecule has 10 heteroatoms. The van der Waals surface area contributed by atoms with Crippen LogP contribution in [0.5, 0.6) is 0 Å². The summed E-state index contributed by atoms with van der Waals surface area (Å²) in [6.45, 7) is 13.2. The van der Waals surface area contributed by atoms with Gasteiger partial charge in [-0.25, -0.2) is 14.8 Å². The first kappa shape index (κ1) is 26.5. The zero-order valence-corrected chi connectivity index (χ0v) is 23.5. The highest BCUT2D eigenvalue weighted by Crippen LogP contribution is 2.35. The lowest BCUT2D eigenvalue weighted by Gasteiger charge is -2.33. The maximum absolute atomic E-state index is 12.4. The second kappa shape index (κ2) is 9.91. The van der Waals surface area contributed by atoms with E-state index in [4.69, 9.17) is 24.9 Å². The van der Waals surface area contributed by atoms with Gasteiger partial charge in [0.1, 0.15) is 16.9 Å². The van der Waals surface area contributed by atoms with Crippen molar-refractivity contribution >= 4 is 28.7 Å². The van der Waals surface area contributed by atoms with Gasteiger partial charge < -0.3 is 25.1 Å². The Balaban J connectivity index is 1.39. The molecule has 0 bridgehead atoms. The second-order valence-corrected chi connectivity index (χ2v) is 12.1. The van der Waals surface area contributed by atoms with Gasteiger partial charge in [-0.1, -0.05) is 0 Å². The summed E-state index contributed by atoms with van der Waals surface area (Å²) < 4.78 is 13.6. The number of rotatable bonds is 4. The Morgan fingerprint density at radius 3 is 2.51 bits per heavy atom. The lowest BCUT2D eigenvalue weighted by molar-refractivity contribution is 0.0185. The van der Waals surface area contributed by atoms with Crippen LogP contribution in [0.25, 0.3) is 33.7 Å². The van der Waals surface area contributed by atoms with Crippen molar-refractivity contribution in [2.45, 2.75) is 71.6 Å². The van der Waals surface area contributed by atoms with Crippen LogP contribution in [0, 0.1) is 0 Å². The SMILES string of the molecule is CC(C)(C)Nc1ncc(-c2cnn(C3CCN(C(=O)OC(C)(C)C)CC3)c2)cc1-c1nc2ccc(N)cc2o1. The zero-order valence-electron chi connectivity index (χ0n) is 23.5. The lowest BCUT2D eigenvalue weighted by atomic mass is 10.0. The largest absolute Gasteiger partial charge is 0.444 e. The van der Waals surface area contributed by atoms with E-state index in [1.165, 1.54) is 0 Å². The fourth-order valence-electron chi connectivity index (χ4n) is 4.62. The van der Waals surface area contributed by atoms with Crippen LogP contribution in [0.3, 0.4) is 0 Å². The summed E-state index contributed by atoms with van der Waals surface area (Å²) in [5.74, 6) is 1.16. The summed E-state index contributed by atoms with van der Waals surface area (Å²) in [4.78, 5) is 23.7. The average Bonchev–Trinajstić information content (AvgIpc) is 3.50. The summed E-state index contributed by atoms with van der Waals surface area (Å²) in [6, 6.07) is 7.67. The molecule has 4 heterocycles. The average molecular weight is 532 g/mol. The van der Waals surface area contributed by atoms with Gasteiger partial charge in [0, 0.05) is 53.9 Å². The summed E-state index contributed by atoms with van der Waals surface area (Å²) >= 11 is 0. The predicted molar refractivity (Wildman–Crippen MR) is 152 cm³/mol. The van der Waals surface area contributed by atoms with E-state index in [1.807, 2.05) is 62.2 Å². The van der Waals surface area contributed by atoms with E-state index < -0.39 is 5.60 Å². The molecule has 1 aliphatic rings. The molecule has 0 saturated carbocycles. The number of hydrogen-bond donors (Lipinski definition) is 2. The molecule has 1 fully saturated rings. The third kappa shape index (κ3) is 6.16. The van der Waals surface area contributed by atoms with Crippen molar-refractivity contribution in [3.63, 3.8) is 0 Å². The molecule has 4 aromatic rings. The Morgan fingerprint density at radius 1 is 1.08 bits per heavy atom. The number of nitrogens with two attached hydrogens (primary N) is 1. The highest BCUT2D eigenvalue weighted by atomic mass is 16.6. The number of oxazole rings is 1. The molecule has 10 nitrogen and oxygen atoms in total. The van der Waals surface area contributed by atoms with Gasteiger partial charge in [0.15, 0.2) is 5.58 Å². The highest BCUT2D eigenvalue weighted by Gasteiger charge is 2.28. The Hall–Kier alpha value is -4.08. The number of nitrogens with one attached hydrogen (secondary N) is 1. The van der Waals surface area contributed by atoms with Crippen LogP contribution in [0.1, 0.15) is 60.4 Å². The molecule has 1 amide bonds. The maximum atomic E-state index is 12.4. The van der Waals surface area contributed by atoms with E-state index in [1.54, 1.807) is 11.0 Å². The van der Waals surface area contributed by atoms with Gasteiger partial charge in [-0.15, -0.1) is 0 Å². The first-order valence-corrected chi connectivity index (χ1v) is 13.3. The van der Waals surface area contributed by atoms with E-state index >= 15 is 0 Å². The molecule has 0 spiro atoms. The summed E-state index contributed by atoms with van der Waals surface area (Å²) in [5.41, 5.74) is 9.83. The van der Waals surface area contributed by atoms with Crippen LogP contribution < -0.4 is 11.1 Å². The second-order valence-electron chi connectivity index (χ2n) is 12.1. The quantitative estimate of drug-likeness (QED) is 0.302. The fourth-order valence-corrected chi connectivity index (χ4v) is 4.62. The number of hydrogen-bond acceptors (Lipinski definition) is 8. The number of carbonyl (C=O) groups excluding carboxylic acids is 1. The molecule has 3 N–H and O–H groups in total. The molecule has 0 unspecified atom stereocenters. The number of aromatic nitrogens is 4. The van der Waals surface area contributed by atoms with Crippen molar-refractivity contribution in [3.05, 3.63) is 42.9 Å². The van der Waals surface area contributed by atoms with E-state index in [0.29, 0.717) is 36.1 Å². The number of pyridine rings is 1. The van der Waals surface area contributed by atoms with E-state index in [0.717, 1.165) is 35.0 Å². The summed E-state index contributed by atoms with van der Waals surface area (Å²) in [6.07, 6.45) is 7.09. The molecule has 1 aromatic carbocycles.